The number of nitrogens with zero attached hydrogens (tertiary/aromatic N) is 13. The summed E-state index contributed by atoms with van der Waals surface area (Å²) in [6, 6.07) is 13.6. The van der Waals surface area contributed by atoms with Gasteiger partial charge in [-0.2, -0.15) is 0 Å². The molecular weight excluding hydrogens is 1810 g/mol. The molecule has 6 fully saturated rings. The Kier molecular flexibility index (Phi) is 43.1. The summed E-state index contributed by atoms with van der Waals surface area (Å²) < 4.78 is 80.3. The number of aliphatic hydroxyl groups is 10. The van der Waals surface area contributed by atoms with E-state index in [1.807, 2.05) is 138 Å². The molecule has 0 spiro atoms. The molecule has 0 aliphatic carbocycles. The Hall–Kier alpha value is -6.19. The normalized spacial score (nSPS) is 39.8. The molecule has 796 valence electrons. The van der Waals surface area contributed by atoms with Gasteiger partial charge >= 0.3 is 11.9 Å². The van der Waals surface area contributed by atoms with Gasteiger partial charge < -0.3 is 133 Å². The first-order valence-electron chi connectivity index (χ1n) is 51.0. The van der Waals surface area contributed by atoms with Gasteiger partial charge in [0.05, 0.1) is 94.5 Å². The van der Waals surface area contributed by atoms with Crippen molar-refractivity contribution in [1.29, 1.82) is 0 Å². The van der Waals surface area contributed by atoms with Gasteiger partial charge in [0.15, 0.2) is 25.2 Å². The van der Waals surface area contributed by atoms with Crippen molar-refractivity contribution in [3.05, 3.63) is 93.9 Å². The molecule has 0 bridgehead atoms. The summed E-state index contributed by atoms with van der Waals surface area (Å²) in [4.78, 5) is 39.8. The van der Waals surface area contributed by atoms with Crippen molar-refractivity contribution in [2.75, 3.05) is 74.3 Å². The minimum Gasteiger partial charge on any atom is -0.459 e. The Morgan fingerprint density at radius 3 is 1.23 bits per heavy atom. The first-order chi connectivity index (χ1) is 65.7. The lowest BCUT2D eigenvalue weighted by atomic mass is 9.77. The number of hydrogen-bond acceptors (Lipinski definition) is 34. The zero-order valence-electron chi connectivity index (χ0n) is 88.2. The zero-order chi connectivity index (χ0) is 104. The van der Waals surface area contributed by atoms with Crippen LogP contribution in [0.2, 0.25) is 0 Å². The van der Waals surface area contributed by atoms with Gasteiger partial charge in [-0.05, 0) is 243 Å². The molecule has 0 saturated carbocycles. The number of aliphatic hydroxyl groups excluding tert-OH is 6. The summed E-state index contributed by atoms with van der Waals surface area (Å²) in [6.07, 6.45) is -7.04. The summed E-state index contributed by atoms with van der Waals surface area (Å²) in [5.74, 6) is -5.50. The van der Waals surface area contributed by atoms with Gasteiger partial charge in [-0.25, -0.2) is 0 Å². The lowest BCUT2D eigenvalue weighted by molar-refractivity contribution is -0.318. The second-order valence-corrected chi connectivity index (χ2v) is 43.3. The van der Waals surface area contributed by atoms with Crippen LogP contribution in [0.5, 0.6) is 0 Å². The Morgan fingerprint density at radius 1 is 0.514 bits per heavy atom. The van der Waals surface area contributed by atoms with Crippen molar-refractivity contribution >= 4 is 23.3 Å². The van der Waals surface area contributed by atoms with Gasteiger partial charge in [0, 0.05) is 144 Å². The molecule has 38 nitrogen and oxygen atoms in total. The third kappa shape index (κ3) is 30.3. The molecular formula is C102H174N14O24. The first kappa shape index (κ1) is 117. The van der Waals surface area contributed by atoms with Gasteiger partial charge in [0.2, 0.25) is 0 Å². The fraction of sp³-hybridized carbons (Fsp3) is 0.824. The van der Waals surface area contributed by atoms with Gasteiger partial charge in [-0.1, -0.05) is 93.5 Å². The number of carbonyl (C=O) groups excluding carboxylic acids is 2. The number of cyclic esters (lactones) is 2. The maximum atomic E-state index is 14.5. The second kappa shape index (κ2) is 51.4. The van der Waals surface area contributed by atoms with Crippen molar-refractivity contribution in [2.24, 2.45) is 40.6 Å². The summed E-state index contributed by atoms with van der Waals surface area (Å²) in [5, 5.41) is 140. The van der Waals surface area contributed by atoms with Crippen LogP contribution in [0.25, 0.3) is 10.4 Å². The number of likely N-dealkylation sites (N-methyl/N-ethyl adjacent to an activating group) is 4. The van der Waals surface area contributed by atoms with E-state index in [0.717, 1.165) is 62.1 Å². The molecule has 38 heteroatoms. The Morgan fingerprint density at radius 2 is 0.879 bits per heavy atom. The molecule has 2 aromatic heterocycles. The number of aromatic nitrogens is 6. The number of unbranched alkanes of at least 4 members (excludes halogenated alkanes) is 2. The maximum absolute atomic E-state index is 14.5. The highest BCUT2D eigenvalue weighted by atomic mass is 16.7. The fourth-order valence-corrected chi connectivity index (χ4v) is 22.0. The number of nitrogen functional groups attached to an aromatic ring is 1. The fourth-order valence-electron chi connectivity index (χ4n) is 22.0. The summed E-state index contributed by atoms with van der Waals surface area (Å²) in [6.45, 7) is 38.7. The number of azide groups is 1. The van der Waals surface area contributed by atoms with E-state index in [4.69, 9.17) is 68.1 Å². The van der Waals surface area contributed by atoms with Crippen LogP contribution in [0, 0.1) is 35.5 Å². The van der Waals surface area contributed by atoms with Crippen molar-refractivity contribution in [3.63, 3.8) is 0 Å². The monoisotopic (exact) mass is 1980 g/mol. The molecule has 140 heavy (non-hydrogen) atoms. The van der Waals surface area contributed by atoms with E-state index >= 15 is 0 Å². The van der Waals surface area contributed by atoms with Crippen LogP contribution in [0.15, 0.2) is 66.0 Å². The lowest BCUT2D eigenvalue weighted by Gasteiger charge is -2.49. The topological polar surface area (TPSA) is 496 Å². The van der Waals surface area contributed by atoms with E-state index in [9.17, 15) is 60.7 Å². The maximum Gasteiger partial charge on any atom is 0.311 e. The van der Waals surface area contributed by atoms with Gasteiger partial charge in [-0.15, -0.1) is 10.2 Å². The number of benzene rings is 2. The second-order valence-electron chi connectivity index (χ2n) is 43.3. The highest BCUT2D eigenvalue weighted by Crippen LogP contribution is 2.45. The Bertz CT molecular complexity index is 4460. The predicted molar refractivity (Wildman–Crippen MR) is 526 cm³/mol. The number of nitrogens with two attached hydrogens (primary N) is 1. The first-order valence-corrected chi connectivity index (χ1v) is 51.0. The number of aryl methyl sites for hydroxylation is 4. The molecule has 2 aromatic carbocycles. The SMILES string of the molecule is CC[C@H]1OC(=O)[C@H](C)[C@@H](OC2C[C@@](C)(OC)[C@@H](O)[C@H](C)O2)[C@H](C)[C@@H](O[C@@H]2O[C@H](C)C[C@H](N(C)CCc3cn(CCCCc4ccc(N)cc4)nn3)[C@H]2O)[C@](C)(O)C[C@@H](C)CN(C)[C@H](C)[C@@H](O)[C@]1(C)O.CC[C@H]1OC(=O)[C@H](C)[C@@H](OC2C[C@@](C)(OC)[C@@H](O)[C@H](C)O2)[C@H](C)[C@@H](O[C@@H]2O[C@H](C)C[C@H](N(C)CCc3cn(CCCCc4ccc(N=[N+]=[N-])cc4)nn3)[C@H]2O)[C@](C)(O)C[C@@H](C)CN(C)[C@H](C)[C@@H](O)[C@]1(C)O. The molecule has 0 amide bonds. The highest BCUT2D eigenvalue weighted by molar-refractivity contribution is 5.73. The number of hydrogen-bond donors (Lipinski definition) is 11. The van der Waals surface area contributed by atoms with E-state index in [2.05, 4.69) is 52.6 Å². The number of anilines is 1. The van der Waals surface area contributed by atoms with Crippen molar-refractivity contribution in [2.45, 2.75) is 435 Å². The molecule has 6 aliphatic rings. The third-order valence-corrected chi connectivity index (χ3v) is 31.1. The summed E-state index contributed by atoms with van der Waals surface area (Å²) >= 11 is 0. The van der Waals surface area contributed by atoms with Crippen LogP contribution < -0.4 is 5.73 Å². The van der Waals surface area contributed by atoms with Crippen LogP contribution in [0.4, 0.5) is 11.4 Å². The summed E-state index contributed by atoms with van der Waals surface area (Å²) in [7, 11) is 10.6. The van der Waals surface area contributed by atoms with Crippen LogP contribution >= 0.6 is 0 Å². The zero-order valence-corrected chi connectivity index (χ0v) is 88.2. The summed E-state index contributed by atoms with van der Waals surface area (Å²) in [5.41, 5.74) is 10.9. The Balaban J connectivity index is 0.000000313. The molecule has 6 aliphatic heterocycles. The molecule has 12 N–H and O–H groups in total. The average molecular weight is 1980 g/mol. The van der Waals surface area contributed by atoms with Gasteiger partial charge in [-0.3, -0.25) is 19.0 Å². The molecule has 2 unspecified atom stereocenters. The van der Waals surface area contributed by atoms with Gasteiger partial charge in [0.25, 0.3) is 0 Å². The smallest absolute Gasteiger partial charge is 0.311 e. The molecule has 36 atom stereocenters. The predicted octanol–water partition coefficient (Wildman–Crippen LogP) is 8.78. The van der Waals surface area contributed by atoms with Crippen molar-refractivity contribution < 1.29 is 117 Å². The van der Waals surface area contributed by atoms with E-state index in [1.54, 1.807) is 83.1 Å². The lowest BCUT2D eigenvalue weighted by Crippen LogP contribution is -2.61. The number of methoxy groups -OCH3 is 2. The van der Waals surface area contributed by atoms with Gasteiger partial charge in [0.1, 0.15) is 60.0 Å². The standard InChI is InChI=1S/C51H86N8O12.C51H88N6O12/c1-14-40-51(10,65)44(61)34(6)58(12)28-30(2)26-49(8,64)46(32(4)43(33(5)47(63)69-40)70-41-27-50(9,66-13)45(62)35(7)68-41)71-48-42(60)39(25-31(3)67-48)57(11)24-22-38-29-59(56-54-38)23-16-15-17-36-18-20-37(21-19-36)53-55-52;1-14-40-51(10,63)44(59)34(6)56(12)28-30(2)26-49(8,62)46(32(4)43(33(5)47(61)67-40)68-41-27-50(9,64-13)45(60)35(7)66-41)69-48-42(58)39(25-31(3)65-48)55(11)24-22-38-29-57(54-53-38)23-16-15-17-36-18-20-37(52)21-19-36/h18-21,29-35,39-46,48,60-62,64-65H,14-17,22-28H2,1-13H3;18-21,29-35,39-46,48,58-60,62-63H,14-17,22-28,52H2,1-13H3/t2*30-,31-,32+,33-,34-,35+,39+,40-,41?,42-,43+,44-,45+,46-,48+,49-,50-,51-/m11/s1. The van der Waals surface area contributed by atoms with E-state index in [0.29, 0.717) is 64.1 Å². The molecule has 10 rings (SSSR count). The number of rotatable bonds is 31. The minimum absolute atomic E-state index is 0.104. The van der Waals surface area contributed by atoms with E-state index in [-0.39, 0.29) is 68.6 Å². The van der Waals surface area contributed by atoms with Crippen LogP contribution in [0.3, 0.4) is 0 Å². The van der Waals surface area contributed by atoms with Crippen molar-refractivity contribution in [1.82, 2.24) is 49.6 Å². The quantitative estimate of drug-likeness (QED) is 0.00559. The Labute approximate surface area is 830 Å². The minimum atomic E-state index is -1.83. The van der Waals surface area contributed by atoms with Crippen LogP contribution in [-0.4, -0.2) is 362 Å². The molecule has 6 saturated heterocycles. The van der Waals surface area contributed by atoms with Crippen LogP contribution in [-0.2, 0) is 105 Å². The largest absolute Gasteiger partial charge is 0.459 e. The molecule has 4 aromatic rings. The number of carbonyl (C=O) groups is 2. The van der Waals surface area contributed by atoms with E-state index in [1.165, 1.54) is 39.2 Å². The molecule has 0 radical (unpaired) electrons. The third-order valence-electron chi connectivity index (χ3n) is 31.1. The number of esters is 2. The highest BCUT2D eigenvalue weighted by Gasteiger charge is 2.57. The average Bonchev–Trinajstić information content (AvgIpc) is 0.935. The molecule has 8 heterocycles. The van der Waals surface area contributed by atoms with Crippen LogP contribution in [0.1, 0.15) is 238 Å². The van der Waals surface area contributed by atoms with E-state index < -0.39 is 198 Å². The number of ether oxygens (including phenoxy) is 12. The van der Waals surface area contributed by atoms with Crippen molar-refractivity contribution in [3.8, 4) is 0 Å².